The highest BCUT2D eigenvalue weighted by Crippen LogP contribution is 2.04. The van der Waals surface area contributed by atoms with Crippen molar-refractivity contribution >= 4 is 5.91 Å². The molecule has 0 saturated carbocycles. The normalized spacial score (nSPS) is 26.3. The molecule has 1 saturated heterocycles. The van der Waals surface area contributed by atoms with Gasteiger partial charge in [0.15, 0.2) is 0 Å². The Balaban J connectivity index is 2.32. The molecule has 4 heteroatoms. The second-order valence-corrected chi connectivity index (χ2v) is 3.60. The van der Waals surface area contributed by atoms with Crippen molar-refractivity contribution in [3.8, 4) is 0 Å². The topological polar surface area (TPSA) is 61.4 Å². The first kappa shape index (κ1) is 10.5. The number of rotatable bonds is 3. The molecule has 0 aromatic carbocycles. The number of carbonyl (C=O) groups excluding carboxylic acids is 1. The Kier molecular flexibility index (Phi) is 4.18. The number of hydrogen-bond acceptors (Lipinski definition) is 3. The minimum absolute atomic E-state index is 0.0677. The Morgan fingerprint density at radius 1 is 1.69 bits per heavy atom. The number of amides is 1. The van der Waals surface area contributed by atoms with Crippen molar-refractivity contribution < 1.29 is 9.90 Å². The average molecular weight is 186 g/mol. The molecule has 1 fully saturated rings. The molecule has 0 spiro atoms. The van der Waals surface area contributed by atoms with E-state index >= 15 is 0 Å². The molecule has 1 aliphatic rings. The minimum atomic E-state index is -0.393. The van der Waals surface area contributed by atoms with Crippen molar-refractivity contribution in [2.75, 3.05) is 13.1 Å². The molecule has 1 rings (SSSR count). The predicted molar refractivity (Wildman–Crippen MR) is 50.3 cm³/mol. The summed E-state index contributed by atoms with van der Waals surface area (Å²) < 4.78 is 0. The van der Waals surface area contributed by atoms with Crippen molar-refractivity contribution in [1.29, 1.82) is 0 Å². The lowest BCUT2D eigenvalue weighted by molar-refractivity contribution is -0.122. The molecule has 2 atom stereocenters. The first-order valence-corrected chi connectivity index (χ1v) is 4.89. The predicted octanol–water partition coefficient (Wildman–Crippen LogP) is -0.374. The number of carbonyl (C=O) groups is 1. The largest absolute Gasteiger partial charge is 0.392 e. The Hall–Kier alpha value is -0.610. The molecule has 1 aliphatic heterocycles. The molecule has 0 aliphatic carbocycles. The van der Waals surface area contributed by atoms with E-state index in [9.17, 15) is 4.79 Å². The fourth-order valence-corrected chi connectivity index (χ4v) is 1.45. The van der Waals surface area contributed by atoms with E-state index in [0.717, 1.165) is 25.8 Å². The summed E-state index contributed by atoms with van der Waals surface area (Å²) in [5.74, 6) is 0.0677. The third kappa shape index (κ3) is 3.74. The maximum Gasteiger partial charge on any atom is 0.237 e. The number of aliphatic hydroxyl groups excluding tert-OH is 1. The van der Waals surface area contributed by atoms with Crippen molar-refractivity contribution in [3.05, 3.63) is 0 Å². The van der Waals surface area contributed by atoms with E-state index in [1.54, 1.807) is 6.92 Å². The first-order valence-electron chi connectivity index (χ1n) is 4.89. The van der Waals surface area contributed by atoms with Gasteiger partial charge in [0, 0.05) is 13.1 Å². The zero-order chi connectivity index (χ0) is 9.68. The minimum Gasteiger partial charge on any atom is -0.392 e. The van der Waals surface area contributed by atoms with Crippen LogP contribution in [0, 0.1) is 0 Å². The second kappa shape index (κ2) is 5.19. The van der Waals surface area contributed by atoms with Crippen LogP contribution in [0.4, 0.5) is 0 Å². The lowest BCUT2D eigenvalue weighted by atomic mass is 10.1. The van der Waals surface area contributed by atoms with Crippen molar-refractivity contribution in [3.63, 3.8) is 0 Å². The van der Waals surface area contributed by atoms with Crippen LogP contribution in [0.15, 0.2) is 0 Å². The fourth-order valence-electron chi connectivity index (χ4n) is 1.45. The average Bonchev–Trinajstić information content (AvgIpc) is 2.27. The van der Waals surface area contributed by atoms with E-state index in [4.69, 9.17) is 5.11 Å². The fraction of sp³-hybridized carbons (Fsp3) is 0.889. The van der Waals surface area contributed by atoms with Crippen molar-refractivity contribution in [2.24, 2.45) is 0 Å². The van der Waals surface area contributed by atoms with Crippen LogP contribution in [0.25, 0.3) is 0 Å². The zero-order valence-corrected chi connectivity index (χ0v) is 8.05. The maximum atomic E-state index is 11.4. The Morgan fingerprint density at radius 2 is 2.46 bits per heavy atom. The Labute approximate surface area is 78.7 Å². The van der Waals surface area contributed by atoms with Gasteiger partial charge in [-0.1, -0.05) is 0 Å². The third-order valence-corrected chi connectivity index (χ3v) is 2.19. The van der Waals surface area contributed by atoms with Crippen LogP contribution in [0.5, 0.6) is 0 Å². The number of hydrogen-bond donors (Lipinski definition) is 3. The van der Waals surface area contributed by atoms with Crippen LogP contribution >= 0.6 is 0 Å². The van der Waals surface area contributed by atoms with Gasteiger partial charge in [0.1, 0.15) is 0 Å². The molecular weight excluding hydrogens is 168 g/mol. The SMILES string of the molecule is CC(O)CNC1CCCCNC1=O. The molecule has 3 N–H and O–H groups in total. The standard InChI is InChI=1S/C9H18N2O2/c1-7(12)6-11-8-4-2-3-5-10-9(8)13/h7-8,11-12H,2-6H2,1H3,(H,10,13). The monoisotopic (exact) mass is 186 g/mol. The molecule has 76 valence electrons. The summed E-state index contributed by atoms with van der Waals surface area (Å²) in [6.07, 6.45) is 2.60. The molecule has 1 amide bonds. The highest BCUT2D eigenvalue weighted by Gasteiger charge is 2.19. The van der Waals surface area contributed by atoms with E-state index in [0.29, 0.717) is 6.54 Å². The van der Waals surface area contributed by atoms with Crippen LogP contribution in [0.3, 0.4) is 0 Å². The summed E-state index contributed by atoms with van der Waals surface area (Å²) in [6.45, 7) is 2.98. The molecule has 0 aromatic heterocycles. The smallest absolute Gasteiger partial charge is 0.237 e. The van der Waals surface area contributed by atoms with Crippen LogP contribution in [0.2, 0.25) is 0 Å². The third-order valence-electron chi connectivity index (χ3n) is 2.19. The molecule has 0 radical (unpaired) electrons. The second-order valence-electron chi connectivity index (χ2n) is 3.60. The van der Waals surface area contributed by atoms with Gasteiger partial charge in [-0.05, 0) is 26.2 Å². The highest BCUT2D eigenvalue weighted by molar-refractivity contribution is 5.81. The van der Waals surface area contributed by atoms with E-state index in [-0.39, 0.29) is 11.9 Å². The Bertz CT molecular complexity index is 171. The summed E-state index contributed by atoms with van der Waals surface area (Å²) in [5, 5.41) is 14.9. The van der Waals surface area contributed by atoms with E-state index in [2.05, 4.69) is 10.6 Å². The Morgan fingerprint density at radius 3 is 3.15 bits per heavy atom. The van der Waals surface area contributed by atoms with Crippen LogP contribution in [0.1, 0.15) is 26.2 Å². The summed E-state index contributed by atoms with van der Waals surface area (Å²) in [5.41, 5.74) is 0. The van der Waals surface area contributed by atoms with Gasteiger partial charge in [0.25, 0.3) is 0 Å². The molecule has 2 unspecified atom stereocenters. The van der Waals surface area contributed by atoms with Gasteiger partial charge < -0.3 is 15.7 Å². The molecular formula is C9H18N2O2. The van der Waals surface area contributed by atoms with Gasteiger partial charge in [0.2, 0.25) is 5.91 Å². The quantitative estimate of drug-likeness (QED) is 0.563. The van der Waals surface area contributed by atoms with Gasteiger partial charge in [-0.15, -0.1) is 0 Å². The molecule has 0 bridgehead atoms. The first-order chi connectivity index (χ1) is 6.20. The van der Waals surface area contributed by atoms with Gasteiger partial charge in [-0.2, -0.15) is 0 Å². The molecule has 1 heterocycles. The molecule has 4 nitrogen and oxygen atoms in total. The van der Waals surface area contributed by atoms with Crippen LogP contribution in [-0.4, -0.2) is 36.2 Å². The molecule has 13 heavy (non-hydrogen) atoms. The highest BCUT2D eigenvalue weighted by atomic mass is 16.3. The molecule has 0 aromatic rings. The van der Waals surface area contributed by atoms with Gasteiger partial charge in [0.05, 0.1) is 12.1 Å². The van der Waals surface area contributed by atoms with E-state index < -0.39 is 6.10 Å². The van der Waals surface area contributed by atoms with E-state index in [1.165, 1.54) is 0 Å². The summed E-state index contributed by atoms with van der Waals surface area (Å²) in [4.78, 5) is 11.4. The van der Waals surface area contributed by atoms with Gasteiger partial charge in [-0.3, -0.25) is 4.79 Å². The lowest BCUT2D eigenvalue weighted by Crippen LogP contribution is -2.44. The van der Waals surface area contributed by atoms with Gasteiger partial charge >= 0.3 is 0 Å². The number of aliphatic hydroxyl groups is 1. The van der Waals surface area contributed by atoms with Crippen LogP contribution < -0.4 is 10.6 Å². The summed E-state index contributed by atoms with van der Waals surface area (Å²) in [7, 11) is 0. The maximum absolute atomic E-state index is 11.4. The number of nitrogens with one attached hydrogen (secondary N) is 2. The summed E-state index contributed by atoms with van der Waals surface area (Å²) in [6, 6.07) is -0.114. The van der Waals surface area contributed by atoms with Crippen molar-refractivity contribution in [2.45, 2.75) is 38.3 Å². The summed E-state index contributed by atoms with van der Waals surface area (Å²) >= 11 is 0. The van der Waals surface area contributed by atoms with Crippen LogP contribution in [-0.2, 0) is 4.79 Å². The van der Waals surface area contributed by atoms with E-state index in [1.807, 2.05) is 0 Å². The zero-order valence-electron chi connectivity index (χ0n) is 8.05. The van der Waals surface area contributed by atoms with Gasteiger partial charge in [-0.25, -0.2) is 0 Å². The lowest BCUT2D eigenvalue weighted by Gasteiger charge is -2.15. The van der Waals surface area contributed by atoms with Crippen molar-refractivity contribution in [1.82, 2.24) is 10.6 Å².